The van der Waals surface area contributed by atoms with Gasteiger partial charge in [-0.25, -0.2) is 9.59 Å². The molecule has 2 atom stereocenters. The minimum atomic E-state index is -5.22. The zero-order valence-electron chi connectivity index (χ0n) is 13.6. The van der Waals surface area contributed by atoms with Crippen molar-refractivity contribution in [1.82, 2.24) is 4.90 Å². The molecule has 1 aromatic carbocycles. The third-order valence-corrected chi connectivity index (χ3v) is 3.74. The lowest BCUT2D eigenvalue weighted by Crippen LogP contribution is -2.46. The fourth-order valence-electron chi connectivity index (χ4n) is 2.24. The van der Waals surface area contributed by atoms with E-state index in [1.165, 1.54) is 0 Å². The van der Waals surface area contributed by atoms with Gasteiger partial charge in [-0.2, -0.15) is 13.2 Å². The average molecular weight is 397 g/mol. The van der Waals surface area contributed by atoms with Crippen LogP contribution in [0.3, 0.4) is 0 Å². The van der Waals surface area contributed by atoms with E-state index >= 15 is 0 Å². The number of amides is 1. The molecule has 0 radical (unpaired) electrons. The summed E-state index contributed by atoms with van der Waals surface area (Å²) in [4.78, 5) is 23.8. The third kappa shape index (κ3) is 4.70. The molecule has 0 bridgehead atoms. The van der Waals surface area contributed by atoms with Crippen molar-refractivity contribution < 1.29 is 37.0 Å². The zero-order valence-corrected chi connectivity index (χ0v) is 14.3. The van der Waals surface area contributed by atoms with Crippen LogP contribution in [-0.2, 0) is 14.3 Å². The van der Waals surface area contributed by atoms with Crippen molar-refractivity contribution in [1.29, 1.82) is 0 Å². The Hall–Kier alpha value is -2.20. The topological polar surface area (TPSA) is 91.1 Å². The number of ether oxygens (including phenoxy) is 3. The Morgan fingerprint density at radius 1 is 1.42 bits per heavy atom. The second kappa shape index (κ2) is 8.00. The van der Waals surface area contributed by atoms with Crippen LogP contribution < -0.4 is 10.5 Å². The van der Waals surface area contributed by atoms with E-state index in [9.17, 15) is 22.8 Å². The smallest absolute Gasteiger partial charge is 0.488 e. The number of hydrogen-bond acceptors (Lipinski definition) is 6. The summed E-state index contributed by atoms with van der Waals surface area (Å²) in [6, 6.07) is 4.92. The molecule has 144 valence electrons. The molecule has 1 aliphatic heterocycles. The number of alkyl halides is 3. The predicted octanol–water partition coefficient (Wildman–Crippen LogP) is 2.24. The first-order valence-corrected chi connectivity index (χ1v) is 7.85. The SMILES string of the molecule is Cc1ccc(Cl)c(OC[C@@H]2OC(=O)N(CCN)C2OC(=O)C(F)(F)F)c1. The van der Waals surface area contributed by atoms with Gasteiger partial charge in [-0.15, -0.1) is 0 Å². The second-order valence-corrected chi connectivity index (χ2v) is 5.85. The molecule has 7 nitrogen and oxygen atoms in total. The maximum Gasteiger partial charge on any atom is 0.491 e. The molecular formula is C15H16ClF3N2O5. The van der Waals surface area contributed by atoms with E-state index in [1.54, 1.807) is 25.1 Å². The van der Waals surface area contributed by atoms with Gasteiger partial charge in [-0.3, -0.25) is 4.90 Å². The lowest BCUT2D eigenvalue weighted by atomic mass is 10.2. The molecule has 0 spiro atoms. The van der Waals surface area contributed by atoms with E-state index in [2.05, 4.69) is 4.74 Å². The fraction of sp³-hybridized carbons (Fsp3) is 0.467. The van der Waals surface area contributed by atoms with Crippen LogP contribution in [-0.4, -0.2) is 55.2 Å². The lowest BCUT2D eigenvalue weighted by molar-refractivity contribution is -0.212. The number of halogens is 4. The van der Waals surface area contributed by atoms with E-state index in [0.717, 1.165) is 10.5 Å². The van der Waals surface area contributed by atoms with Gasteiger partial charge in [-0.1, -0.05) is 17.7 Å². The quantitative estimate of drug-likeness (QED) is 0.741. The Bertz CT molecular complexity index is 686. The third-order valence-electron chi connectivity index (χ3n) is 3.43. The molecule has 1 aliphatic rings. The number of esters is 1. The molecule has 26 heavy (non-hydrogen) atoms. The Morgan fingerprint density at radius 2 is 2.12 bits per heavy atom. The summed E-state index contributed by atoms with van der Waals surface area (Å²) in [5.74, 6) is -2.19. The van der Waals surface area contributed by atoms with Crippen molar-refractivity contribution in [2.24, 2.45) is 5.73 Å². The molecule has 11 heteroatoms. The minimum Gasteiger partial charge on any atom is -0.488 e. The van der Waals surface area contributed by atoms with E-state index in [0.29, 0.717) is 0 Å². The summed E-state index contributed by atoms with van der Waals surface area (Å²) < 4.78 is 52.3. The van der Waals surface area contributed by atoms with Crippen molar-refractivity contribution in [2.45, 2.75) is 25.4 Å². The molecule has 2 N–H and O–H groups in total. The van der Waals surface area contributed by atoms with Crippen LogP contribution in [0.1, 0.15) is 5.56 Å². The van der Waals surface area contributed by atoms with Crippen LogP contribution in [0.2, 0.25) is 5.02 Å². The highest BCUT2D eigenvalue weighted by Gasteiger charge is 2.49. The highest BCUT2D eigenvalue weighted by molar-refractivity contribution is 6.32. The van der Waals surface area contributed by atoms with Gasteiger partial charge in [0.25, 0.3) is 0 Å². The second-order valence-electron chi connectivity index (χ2n) is 5.44. The highest BCUT2D eigenvalue weighted by Crippen LogP contribution is 2.28. The van der Waals surface area contributed by atoms with E-state index in [-0.39, 0.29) is 30.5 Å². The summed E-state index contributed by atoms with van der Waals surface area (Å²) in [6.45, 7) is 1.20. The standard InChI is InChI=1S/C15H16ClF3N2O5/c1-8-2-3-9(16)10(6-8)24-7-11-12(26-13(22)15(17,18)19)21(5-4-20)14(23)25-11/h2-3,6,11-12H,4-5,7,20H2,1H3/t11-,12?/m0/s1. The Kier molecular flexibility index (Phi) is 6.19. The summed E-state index contributed by atoms with van der Waals surface area (Å²) in [5, 5.41) is 0.266. The first kappa shape index (κ1) is 20.1. The zero-order chi connectivity index (χ0) is 19.5. The van der Waals surface area contributed by atoms with Crippen molar-refractivity contribution in [3.8, 4) is 5.75 Å². The summed E-state index contributed by atoms with van der Waals surface area (Å²) in [7, 11) is 0. The van der Waals surface area contributed by atoms with Gasteiger partial charge in [0.2, 0.25) is 6.23 Å². The maximum atomic E-state index is 12.5. The van der Waals surface area contributed by atoms with Crippen molar-refractivity contribution in [3.05, 3.63) is 28.8 Å². The molecule has 1 saturated heterocycles. The molecule has 2 rings (SSSR count). The van der Waals surface area contributed by atoms with Gasteiger partial charge < -0.3 is 19.9 Å². The summed E-state index contributed by atoms with van der Waals surface area (Å²) in [5.41, 5.74) is 6.17. The molecule has 1 aromatic rings. The predicted molar refractivity (Wildman–Crippen MR) is 83.6 cm³/mol. The number of rotatable bonds is 6. The van der Waals surface area contributed by atoms with Gasteiger partial charge in [0.15, 0.2) is 6.10 Å². The average Bonchev–Trinajstić information content (AvgIpc) is 2.84. The first-order chi connectivity index (χ1) is 12.1. The monoisotopic (exact) mass is 396 g/mol. The number of carbonyl (C=O) groups excluding carboxylic acids is 2. The van der Waals surface area contributed by atoms with Crippen molar-refractivity contribution in [2.75, 3.05) is 19.7 Å². The maximum absolute atomic E-state index is 12.5. The molecule has 1 unspecified atom stereocenters. The number of nitrogens with two attached hydrogens (primary N) is 1. The minimum absolute atomic E-state index is 0.0630. The van der Waals surface area contributed by atoms with E-state index in [1.807, 2.05) is 0 Å². The number of carbonyl (C=O) groups is 2. The summed E-state index contributed by atoms with van der Waals surface area (Å²) in [6.07, 6.45) is -9.08. The van der Waals surface area contributed by atoms with Gasteiger partial charge in [-0.05, 0) is 24.6 Å². The van der Waals surface area contributed by atoms with E-state index < -0.39 is 30.6 Å². The Labute approximate surface area is 151 Å². The van der Waals surface area contributed by atoms with Gasteiger partial charge in [0.1, 0.15) is 12.4 Å². The van der Waals surface area contributed by atoms with E-state index in [4.69, 9.17) is 26.8 Å². The van der Waals surface area contributed by atoms with Crippen molar-refractivity contribution in [3.63, 3.8) is 0 Å². The molecule has 1 amide bonds. The number of cyclic esters (lactones) is 1. The fourth-order valence-corrected chi connectivity index (χ4v) is 2.42. The molecule has 0 aliphatic carbocycles. The normalized spacial score (nSPS) is 20.1. The Balaban J connectivity index is 2.14. The number of benzene rings is 1. The molecule has 1 heterocycles. The van der Waals surface area contributed by atoms with Crippen LogP contribution in [0, 0.1) is 6.92 Å². The van der Waals surface area contributed by atoms with Crippen LogP contribution in [0.5, 0.6) is 5.75 Å². The molecule has 0 aromatic heterocycles. The number of aryl methyl sites for hydroxylation is 1. The molecule has 1 fully saturated rings. The summed E-state index contributed by atoms with van der Waals surface area (Å²) >= 11 is 5.98. The van der Waals surface area contributed by atoms with Crippen molar-refractivity contribution >= 4 is 23.7 Å². The highest BCUT2D eigenvalue weighted by atomic mass is 35.5. The number of nitrogens with zero attached hydrogens (tertiary/aromatic N) is 1. The van der Waals surface area contributed by atoms with Crippen LogP contribution in [0.4, 0.5) is 18.0 Å². The van der Waals surface area contributed by atoms with Gasteiger partial charge in [0.05, 0.1) is 5.02 Å². The number of hydrogen-bond donors (Lipinski definition) is 1. The Morgan fingerprint density at radius 3 is 2.73 bits per heavy atom. The van der Waals surface area contributed by atoms with Gasteiger partial charge >= 0.3 is 18.2 Å². The first-order valence-electron chi connectivity index (χ1n) is 7.47. The molecular weight excluding hydrogens is 381 g/mol. The van der Waals surface area contributed by atoms with Crippen LogP contribution in [0.15, 0.2) is 18.2 Å². The lowest BCUT2D eigenvalue weighted by Gasteiger charge is -2.24. The van der Waals surface area contributed by atoms with Crippen LogP contribution in [0.25, 0.3) is 0 Å². The molecule has 0 saturated carbocycles. The largest absolute Gasteiger partial charge is 0.491 e. The van der Waals surface area contributed by atoms with Gasteiger partial charge in [0, 0.05) is 13.1 Å². The van der Waals surface area contributed by atoms with Crippen LogP contribution >= 0.6 is 11.6 Å².